The molecule has 1 saturated carbocycles. The van der Waals surface area contributed by atoms with E-state index < -0.39 is 11.9 Å². The van der Waals surface area contributed by atoms with E-state index in [2.05, 4.69) is 5.32 Å². The van der Waals surface area contributed by atoms with E-state index in [1.807, 2.05) is 6.92 Å². The third-order valence-corrected chi connectivity index (χ3v) is 3.63. The van der Waals surface area contributed by atoms with Crippen LogP contribution in [0.5, 0.6) is 0 Å². The molecule has 1 aliphatic carbocycles. The van der Waals surface area contributed by atoms with Gasteiger partial charge in [0.1, 0.15) is 0 Å². The lowest BCUT2D eigenvalue weighted by atomic mass is 9.78. The molecule has 3 atom stereocenters. The molecule has 5 heteroatoms. The van der Waals surface area contributed by atoms with Crippen molar-refractivity contribution in [3.05, 3.63) is 0 Å². The van der Waals surface area contributed by atoms with Crippen LogP contribution in [0.15, 0.2) is 0 Å². The number of rotatable bonds is 6. The summed E-state index contributed by atoms with van der Waals surface area (Å²) in [5.74, 6) is -1.90. The minimum Gasteiger partial charge on any atom is -0.481 e. The second-order valence-corrected chi connectivity index (χ2v) is 4.90. The first-order valence-electron chi connectivity index (χ1n) is 6.62. The van der Waals surface area contributed by atoms with Gasteiger partial charge in [-0.15, -0.1) is 0 Å². The molecule has 1 aliphatic rings. The predicted molar refractivity (Wildman–Crippen MR) is 67.2 cm³/mol. The molecular formula is C13H23NO4. The largest absolute Gasteiger partial charge is 0.481 e. The van der Waals surface area contributed by atoms with E-state index in [9.17, 15) is 9.59 Å². The lowest BCUT2D eigenvalue weighted by Crippen LogP contribution is -2.45. The van der Waals surface area contributed by atoms with Gasteiger partial charge in [0.25, 0.3) is 0 Å². The Morgan fingerprint density at radius 1 is 1.33 bits per heavy atom. The summed E-state index contributed by atoms with van der Waals surface area (Å²) >= 11 is 0. The van der Waals surface area contributed by atoms with E-state index in [-0.39, 0.29) is 17.9 Å². The molecule has 0 aliphatic heterocycles. The Hall–Kier alpha value is -1.10. The first kappa shape index (κ1) is 15.0. The van der Waals surface area contributed by atoms with E-state index in [1.54, 1.807) is 7.11 Å². The zero-order valence-corrected chi connectivity index (χ0v) is 11.1. The molecule has 18 heavy (non-hydrogen) atoms. The van der Waals surface area contributed by atoms with Gasteiger partial charge in [-0.1, -0.05) is 19.8 Å². The summed E-state index contributed by atoms with van der Waals surface area (Å²) in [4.78, 5) is 23.3. The SMILES string of the molecule is CCC(COC)NC(=O)[C@@H]1CCCC[C@@H]1C(=O)O. The number of aliphatic carboxylic acids is 1. The summed E-state index contributed by atoms with van der Waals surface area (Å²) in [7, 11) is 1.59. The Kier molecular flexibility index (Phi) is 6.12. The second kappa shape index (κ2) is 7.36. The number of nitrogens with one attached hydrogen (secondary N) is 1. The molecule has 0 aromatic carbocycles. The smallest absolute Gasteiger partial charge is 0.307 e. The molecule has 5 nitrogen and oxygen atoms in total. The fourth-order valence-electron chi connectivity index (χ4n) is 2.51. The molecule has 1 fully saturated rings. The summed E-state index contributed by atoms with van der Waals surface area (Å²) in [5, 5.41) is 12.0. The third kappa shape index (κ3) is 3.98. The summed E-state index contributed by atoms with van der Waals surface area (Å²) in [6, 6.07) is -0.0288. The summed E-state index contributed by atoms with van der Waals surface area (Å²) in [5.41, 5.74) is 0. The molecule has 1 rings (SSSR count). The Morgan fingerprint density at radius 3 is 2.44 bits per heavy atom. The van der Waals surface area contributed by atoms with E-state index in [1.165, 1.54) is 0 Å². The predicted octanol–water partition coefficient (Wildman–Crippen LogP) is 1.42. The Balaban J connectivity index is 2.59. The number of ether oxygens (including phenoxy) is 1. The topological polar surface area (TPSA) is 75.6 Å². The lowest BCUT2D eigenvalue weighted by molar-refractivity contribution is -0.149. The van der Waals surface area contributed by atoms with Crippen LogP contribution in [0.4, 0.5) is 0 Å². The number of hydrogen-bond donors (Lipinski definition) is 2. The fourth-order valence-corrected chi connectivity index (χ4v) is 2.51. The van der Waals surface area contributed by atoms with E-state index in [4.69, 9.17) is 9.84 Å². The monoisotopic (exact) mass is 257 g/mol. The summed E-state index contributed by atoms with van der Waals surface area (Å²) in [6.07, 6.45) is 3.89. The van der Waals surface area contributed by atoms with Crippen LogP contribution in [0.2, 0.25) is 0 Å². The van der Waals surface area contributed by atoms with Crippen molar-refractivity contribution in [1.82, 2.24) is 5.32 Å². The van der Waals surface area contributed by atoms with Crippen molar-refractivity contribution in [3.63, 3.8) is 0 Å². The van der Waals surface area contributed by atoms with E-state index >= 15 is 0 Å². The first-order chi connectivity index (χ1) is 8.60. The lowest BCUT2D eigenvalue weighted by Gasteiger charge is -2.29. The quantitative estimate of drug-likeness (QED) is 0.754. The molecule has 0 aromatic rings. The van der Waals surface area contributed by atoms with Crippen molar-refractivity contribution in [2.75, 3.05) is 13.7 Å². The highest BCUT2D eigenvalue weighted by atomic mass is 16.5. The first-order valence-corrected chi connectivity index (χ1v) is 6.62. The zero-order valence-electron chi connectivity index (χ0n) is 11.1. The van der Waals surface area contributed by atoms with Crippen LogP contribution in [-0.2, 0) is 14.3 Å². The van der Waals surface area contributed by atoms with E-state index in [0.29, 0.717) is 19.4 Å². The molecule has 0 heterocycles. The highest BCUT2D eigenvalue weighted by molar-refractivity contribution is 5.85. The molecule has 0 aromatic heterocycles. The zero-order chi connectivity index (χ0) is 13.5. The minimum atomic E-state index is -0.852. The van der Waals surface area contributed by atoms with Crippen molar-refractivity contribution in [1.29, 1.82) is 0 Å². The van der Waals surface area contributed by atoms with Gasteiger partial charge >= 0.3 is 5.97 Å². The molecule has 0 spiro atoms. The number of carbonyl (C=O) groups is 2. The van der Waals surface area contributed by atoms with Gasteiger partial charge in [0.05, 0.1) is 24.5 Å². The van der Waals surface area contributed by atoms with Crippen LogP contribution in [0.3, 0.4) is 0 Å². The molecule has 1 unspecified atom stereocenters. The number of hydrogen-bond acceptors (Lipinski definition) is 3. The van der Waals surface area contributed by atoms with Gasteiger partial charge in [-0.25, -0.2) is 0 Å². The van der Waals surface area contributed by atoms with Crippen molar-refractivity contribution in [3.8, 4) is 0 Å². The molecule has 0 bridgehead atoms. The maximum Gasteiger partial charge on any atom is 0.307 e. The fraction of sp³-hybridized carbons (Fsp3) is 0.846. The Bertz CT molecular complexity index is 293. The van der Waals surface area contributed by atoms with Gasteiger partial charge in [0, 0.05) is 7.11 Å². The Morgan fingerprint density at radius 2 is 1.94 bits per heavy atom. The number of carbonyl (C=O) groups excluding carboxylic acids is 1. The van der Waals surface area contributed by atoms with Gasteiger partial charge in [-0.05, 0) is 19.3 Å². The molecule has 2 N–H and O–H groups in total. The molecular weight excluding hydrogens is 234 g/mol. The van der Waals surface area contributed by atoms with Crippen molar-refractivity contribution in [2.45, 2.75) is 45.1 Å². The number of carboxylic acid groups (broad SMARTS) is 1. The summed E-state index contributed by atoms with van der Waals surface area (Å²) in [6.45, 7) is 2.44. The average Bonchev–Trinajstić information content (AvgIpc) is 2.38. The highest BCUT2D eigenvalue weighted by Crippen LogP contribution is 2.30. The molecule has 0 radical (unpaired) electrons. The minimum absolute atomic E-state index is 0.0288. The van der Waals surface area contributed by atoms with Gasteiger partial charge in [-0.3, -0.25) is 9.59 Å². The maximum absolute atomic E-state index is 12.1. The number of carboxylic acids is 1. The Labute approximate surface area is 108 Å². The highest BCUT2D eigenvalue weighted by Gasteiger charge is 2.36. The maximum atomic E-state index is 12.1. The van der Waals surface area contributed by atoms with Crippen molar-refractivity contribution < 1.29 is 19.4 Å². The summed E-state index contributed by atoms with van der Waals surface area (Å²) < 4.78 is 5.03. The van der Waals surface area contributed by atoms with Gasteiger partial charge in [-0.2, -0.15) is 0 Å². The van der Waals surface area contributed by atoms with Gasteiger partial charge in [0.15, 0.2) is 0 Å². The normalized spacial score (nSPS) is 25.4. The second-order valence-electron chi connectivity index (χ2n) is 4.90. The third-order valence-electron chi connectivity index (χ3n) is 3.63. The average molecular weight is 257 g/mol. The van der Waals surface area contributed by atoms with Crippen molar-refractivity contribution in [2.24, 2.45) is 11.8 Å². The van der Waals surface area contributed by atoms with Crippen LogP contribution in [-0.4, -0.2) is 36.7 Å². The standard InChI is InChI=1S/C13H23NO4/c1-3-9(8-18-2)14-12(15)10-6-4-5-7-11(10)13(16)17/h9-11H,3-8H2,1-2H3,(H,14,15)(H,16,17)/t9?,10-,11+/m1/s1. The van der Waals surface area contributed by atoms with Crippen LogP contribution in [0, 0.1) is 11.8 Å². The van der Waals surface area contributed by atoms with Crippen LogP contribution < -0.4 is 5.32 Å². The molecule has 1 amide bonds. The molecule has 0 saturated heterocycles. The van der Waals surface area contributed by atoms with E-state index in [0.717, 1.165) is 19.3 Å². The number of methoxy groups -OCH3 is 1. The van der Waals surface area contributed by atoms with Crippen LogP contribution >= 0.6 is 0 Å². The number of amides is 1. The van der Waals surface area contributed by atoms with Crippen LogP contribution in [0.1, 0.15) is 39.0 Å². The molecule has 104 valence electrons. The van der Waals surface area contributed by atoms with Gasteiger partial charge in [0.2, 0.25) is 5.91 Å². The van der Waals surface area contributed by atoms with Crippen LogP contribution in [0.25, 0.3) is 0 Å². The van der Waals surface area contributed by atoms with Crippen molar-refractivity contribution >= 4 is 11.9 Å². The van der Waals surface area contributed by atoms with Gasteiger partial charge < -0.3 is 15.2 Å².